The summed E-state index contributed by atoms with van der Waals surface area (Å²) in [7, 11) is 0. The molecule has 0 radical (unpaired) electrons. The molecule has 1 aromatic carbocycles. The van der Waals surface area contributed by atoms with Crippen molar-refractivity contribution in [2.45, 2.75) is 6.04 Å². The largest absolute Gasteiger partial charge is 0.316 e. The summed E-state index contributed by atoms with van der Waals surface area (Å²) in [6.07, 6.45) is 0. The van der Waals surface area contributed by atoms with Gasteiger partial charge in [0.1, 0.15) is 6.04 Å². The second-order valence-corrected chi connectivity index (χ2v) is 2.90. The maximum Gasteiger partial charge on any atom is 0.307 e. The quantitative estimate of drug-likeness (QED) is 0.735. The SMILES string of the molecule is NC(C(=O)N=O)c1ccc(Cl)cc1. The summed E-state index contributed by atoms with van der Waals surface area (Å²) in [6, 6.07) is 5.35. The minimum Gasteiger partial charge on any atom is -0.316 e. The highest BCUT2D eigenvalue weighted by atomic mass is 35.5. The average molecular weight is 199 g/mol. The Morgan fingerprint density at radius 2 is 1.92 bits per heavy atom. The van der Waals surface area contributed by atoms with Crippen LogP contribution in [0.4, 0.5) is 0 Å². The van der Waals surface area contributed by atoms with Crippen LogP contribution in [0.15, 0.2) is 29.4 Å². The van der Waals surface area contributed by atoms with Gasteiger partial charge in [0, 0.05) is 10.2 Å². The van der Waals surface area contributed by atoms with E-state index in [4.69, 9.17) is 17.3 Å². The van der Waals surface area contributed by atoms with Gasteiger partial charge in [-0.1, -0.05) is 23.7 Å². The van der Waals surface area contributed by atoms with E-state index < -0.39 is 11.9 Å². The summed E-state index contributed by atoms with van der Waals surface area (Å²) >= 11 is 5.62. The Labute approximate surface area is 79.7 Å². The van der Waals surface area contributed by atoms with Crippen LogP contribution in [0, 0.1) is 4.91 Å². The van der Waals surface area contributed by atoms with Gasteiger partial charge in [0.25, 0.3) is 0 Å². The molecule has 1 amide bonds. The van der Waals surface area contributed by atoms with E-state index in [1.807, 2.05) is 0 Å². The Morgan fingerprint density at radius 3 is 2.38 bits per heavy atom. The van der Waals surface area contributed by atoms with Gasteiger partial charge in [0.05, 0.1) is 0 Å². The van der Waals surface area contributed by atoms with Crippen LogP contribution in [-0.2, 0) is 4.79 Å². The number of nitroso groups, excluding NO2 is 1. The molecule has 0 aliphatic carbocycles. The number of hydrogen-bond acceptors (Lipinski definition) is 3. The Hall–Kier alpha value is -1.26. The lowest BCUT2D eigenvalue weighted by atomic mass is 10.1. The first-order valence-electron chi connectivity index (χ1n) is 3.53. The Balaban J connectivity index is 2.89. The number of hydrogen-bond donors (Lipinski definition) is 1. The molecule has 0 saturated heterocycles. The number of halogens is 1. The summed E-state index contributed by atoms with van der Waals surface area (Å²) < 4.78 is 0. The van der Waals surface area contributed by atoms with E-state index >= 15 is 0 Å². The topological polar surface area (TPSA) is 72.5 Å². The van der Waals surface area contributed by atoms with Gasteiger partial charge in [0.2, 0.25) is 0 Å². The lowest BCUT2D eigenvalue weighted by Gasteiger charge is -2.05. The highest BCUT2D eigenvalue weighted by Gasteiger charge is 2.15. The van der Waals surface area contributed by atoms with Gasteiger partial charge in [-0.25, -0.2) is 0 Å². The van der Waals surface area contributed by atoms with E-state index in [1.54, 1.807) is 24.3 Å². The maximum absolute atomic E-state index is 10.8. The molecule has 2 N–H and O–H groups in total. The summed E-state index contributed by atoms with van der Waals surface area (Å²) in [4.78, 5) is 20.6. The van der Waals surface area contributed by atoms with Crippen LogP contribution in [0.5, 0.6) is 0 Å². The molecule has 0 spiro atoms. The molecule has 13 heavy (non-hydrogen) atoms. The van der Waals surface area contributed by atoms with Crippen LogP contribution < -0.4 is 5.73 Å². The van der Waals surface area contributed by atoms with Crippen molar-refractivity contribution in [2.24, 2.45) is 10.9 Å². The standard InChI is InChI=1S/C8H7ClN2O2/c9-6-3-1-5(2-4-6)7(10)8(12)11-13/h1-4,7H,10H2. The Bertz CT molecular complexity index is 323. The summed E-state index contributed by atoms with van der Waals surface area (Å²) in [5.74, 6) is -0.887. The lowest BCUT2D eigenvalue weighted by Crippen LogP contribution is -2.18. The normalized spacial score (nSPS) is 12.2. The molecular formula is C8H7ClN2O2. The molecule has 1 rings (SSSR count). The van der Waals surface area contributed by atoms with Crippen molar-refractivity contribution in [1.82, 2.24) is 0 Å². The summed E-state index contributed by atoms with van der Waals surface area (Å²) in [5, 5.41) is 2.78. The van der Waals surface area contributed by atoms with Gasteiger partial charge in [-0.15, -0.1) is 4.91 Å². The van der Waals surface area contributed by atoms with Crippen molar-refractivity contribution in [3.05, 3.63) is 39.8 Å². The molecule has 0 aromatic heterocycles. The fourth-order valence-electron chi connectivity index (χ4n) is 0.869. The van der Waals surface area contributed by atoms with Gasteiger partial charge < -0.3 is 5.73 Å². The fraction of sp³-hybridized carbons (Fsp3) is 0.125. The summed E-state index contributed by atoms with van der Waals surface area (Å²) in [6.45, 7) is 0. The number of carbonyl (C=O) groups excluding carboxylic acids is 1. The van der Waals surface area contributed by atoms with Crippen molar-refractivity contribution in [3.63, 3.8) is 0 Å². The number of nitrogens with zero attached hydrogens (tertiary/aromatic N) is 1. The zero-order valence-corrected chi connectivity index (χ0v) is 7.36. The van der Waals surface area contributed by atoms with Crippen molar-refractivity contribution < 1.29 is 4.79 Å². The molecule has 5 heteroatoms. The Morgan fingerprint density at radius 1 is 1.38 bits per heavy atom. The van der Waals surface area contributed by atoms with E-state index in [1.165, 1.54) is 0 Å². The van der Waals surface area contributed by atoms with Crippen LogP contribution in [0.25, 0.3) is 0 Å². The first-order valence-corrected chi connectivity index (χ1v) is 3.91. The maximum atomic E-state index is 10.8. The van der Waals surface area contributed by atoms with Crippen LogP contribution in [0.2, 0.25) is 5.02 Å². The summed E-state index contributed by atoms with van der Waals surface area (Å²) in [5.41, 5.74) is 5.93. The van der Waals surface area contributed by atoms with Crippen LogP contribution in [-0.4, -0.2) is 5.91 Å². The van der Waals surface area contributed by atoms with Gasteiger partial charge in [-0.3, -0.25) is 4.79 Å². The molecule has 68 valence electrons. The molecule has 0 heterocycles. The van der Waals surface area contributed by atoms with Gasteiger partial charge in [-0.05, 0) is 17.7 Å². The number of benzene rings is 1. The molecule has 0 bridgehead atoms. The average Bonchev–Trinajstić information content (AvgIpc) is 2.17. The van der Waals surface area contributed by atoms with E-state index in [9.17, 15) is 9.70 Å². The van der Waals surface area contributed by atoms with E-state index in [-0.39, 0.29) is 0 Å². The molecule has 1 atom stereocenters. The lowest BCUT2D eigenvalue weighted by molar-refractivity contribution is -0.119. The molecular weight excluding hydrogens is 192 g/mol. The van der Waals surface area contributed by atoms with Crippen molar-refractivity contribution >= 4 is 17.5 Å². The monoisotopic (exact) mass is 198 g/mol. The molecule has 1 aromatic rings. The fourth-order valence-corrected chi connectivity index (χ4v) is 0.995. The highest BCUT2D eigenvalue weighted by molar-refractivity contribution is 6.30. The van der Waals surface area contributed by atoms with Gasteiger partial charge in [0.15, 0.2) is 0 Å². The number of nitrogens with two attached hydrogens (primary N) is 1. The predicted octanol–water partition coefficient (Wildman–Crippen LogP) is 1.63. The zero-order valence-electron chi connectivity index (χ0n) is 6.61. The second kappa shape index (κ2) is 4.11. The number of rotatable bonds is 2. The predicted molar refractivity (Wildman–Crippen MR) is 49.2 cm³/mol. The second-order valence-electron chi connectivity index (χ2n) is 2.46. The van der Waals surface area contributed by atoms with E-state index in [0.29, 0.717) is 10.6 Å². The van der Waals surface area contributed by atoms with Crippen LogP contribution in [0.3, 0.4) is 0 Å². The van der Waals surface area contributed by atoms with Crippen LogP contribution in [0.1, 0.15) is 11.6 Å². The third-order valence-electron chi connectivity index (χ3n) is 1.59. The van der Waals surface area contributed by atoms with Gasteiger partial charge >= 0.3 is 5.91 Å². The minimum absolute atomic E-state index is 0.522. The number of carbonyl (C=O) groups is 1. The Kier molecular flexibility index (Phi) is 3.11. The first kappa shape index (κ1) is 9.83. The van der Waals surface area contributed by atoms with Gasteiger partial charge in [-0.2, -0.15) is 0 Å². The first-order chi connectivity index (χ1) is 6.15. The molecule has 4 nitrogen and oxygen atoms in total. The molecule has 0 aliphatic rings. The zero-order chi connectivity index (χ0) is 9.84. The third-order valence-corrected chi connectivity index (χ3v) is 1.84. The molecule has 0 fully saturated rings. The molecule has 0 aliphatic heterocycles. The molecule has 1 unspecified atom stereocenters. The van der Waals surface area contributed by atoms with E-state index in [0.717, 1.165) is 0 Å². The van der Waals surface area contributed by atoms with Crippen molar-refractivity contribution in [2.75, 3.05) is 0 Å². The molecule has 0 saturated carbocycles. The minimum atomic E-state index is -0.991. The number of amides is 1. The third kappa shape index (κ3) is 2.34. The highest BCUT2D eigenvalue weighted by Crippen LogP contribution is 2.15. The van der Waals surface area contributed by atoms with Crippen molar-refractivity contribution in [3.8, 4) is 0 Å². The van der Waals surface area contributed by atoms with E-state index in [2.05, 4.69) is 5.18 Å². The van der Waals surface area contributed by atoms with Crippen LogP contribution >= 0.6 is 11.6 Å². The van der Waals surface area contributed by atoms with Crippen molar-refractivity contribution in [1.29, 1.82) is 0 Å². The smallest absolute Gasteiger partial charge is 0.307 e.